The molecule has 1 atom stereocenters. The fraction of sp³-hybridized carbons (Fsp3) is 0.0870. The predicted molar refractivity (Wildman–Crippen MR) is 117 cm³/mol. The van der Waals surface area contributed by atoms with Crippen LogP contribution in [0.4, 0.5) is 19.0 Å². The molecule has 0 saturated heterocycles. The van der Waals surface area contributed by atoms with Crippen LogP contribution < -0.4 is 5.73 Å². The number of aromatic nitrogens is 6. The van der Waals surface area contributed by atoms with Crippen molar-refractivity contribution in [3.8, 4) is 23.0 Å². The highest BCUT2D eigenvalue weighted by Gasteiger charge is 2.23. The van der Waals surface area contributed by atoms with Crippen LogP contribution in [0.3, 0.4) is 0 Å². The molecule has 0 aliphatic heterocycles. The molecule has 2 N–H and O–H groups in total. The minimum absolute atomic E-state index is 0.215. The van der Waals surface area contributed by atoms with Crippen LogP contribution in [0.2, 0.25) is 0 Å². The van der Waals surface area contributed by atoms with Crippen molar-refractivity contribution in [2.45, 2.75) is 13.0 Å². The van der Waals surface area contributed by atoms with Gasteiger partial charge in [0, 0.05) is 29.5 Å². The van der Waals surface area contributed by atoms with Crippen molar-refractivity contribution in [1.29, 1.82) is 5.26 Å². The van der Waals surface area contributed by atoms with Crippen molar-refractivity contribution in [1.82, 2.24) is 29.5 Å². The van der Waals surface area contributed by atoms with Crippen LogP contribution in [0.1, 0.15) is 24.1 Å². The number of hydrogen-bond donors (Lipinski definition) is 1. The highest BCUT2D eigenvalue weighted by molar-refractivity contribution is 5.98. The summed E-state index contributed by atoms with van der Waals surface area (Å²) in [6.45, 7) is 1.80. The van der Waals surface area contributed by atoms with E-state index in [2.05, 4.69) is 21.1 Å². The van der Waals surface area contributed by atoms with Crippen LogP contribution in [0.5, 0.6) is 0 Å². The summed E-state index contributed by atoms with van der Waals surface area (Å²) in [7, 11) is 0. The maximum absolute atomic E-state index is 14.2. The Hall–Kier alpha value is -4.72. The first-order valence-electron chi connectivity index (χ1n) is 10.1. The van der Waals surface area contributed by atoms with Crippen molar-refractivity contribution in [2.24, 2.45) is 0 Å². The summed E-state index contributed by atoms with van der Waals surface area (Å²) >= 11 is 0. The number of hydrogen-bond acceptors (Lipinski definition) is 6. The van der Waals surface area contributed by atoms with Crippen LogP contribution in [0.25, 0.3) is 28.0 Å². The number of anilines is 1. The molecule has 3 aromatic heterocycles. The number of nitrogens with zero attached hydrogens (tertiary/aromatic N) is 7. The average molecular weight is 460 g/mol. The second-order valence-electron chi connectivity index (χ2n) is 7.56. The van der Waals surface area contributed by atoms with E-state index in [1.165, 1.54) is 18.7 Å². The maximum atomic E-state index is 14.2. The van der Waals surface area contributed by atoms with E-state index in [0.29, 0.717) is 45.6 Å². The molecule has 5 rings (SSSR count). The zero-order chi connectivity index (χ0) is 24.0. The summed E-state index contributed by atoms with van der Waals surface area (Å²) in [5, 5.41) is 18.5. The first-order chi connectivity index (χ1) is 16.4. The standard InChI is InChI=1S/C23H15F3N8/c1-12(15-9-31-33(10-15)21-17(25)6-16(24)7-18(21)26)34-23-19(22(28)29-11-30-23)20(32-34)14-4-2-3-13(5-14)8-27/h2-7,9-12H,1H3,(H2,28,29,30). The number of rotatable bonds is 4. The Balaban J connectivity index is 1.63. The molecule has 0 saturated carbocycles. The number of benzene rings is 2. The average Bonchev–Trinajstić information content (AvgIpc) is 3.44. The van der Waals surface area contributed by atoms with Crippen LogP contribution in [-0.2, 0) is 0 Å². The van der Waals surface area contributed by atoms with Gasteiger partial charge in [-0.15, -0.1) is 0 Å². The number of fused-ring (bicyclic) bond motifs is 1. The molecule has 3 heterocycles. The van der Waals surface area contributed by atoms with Gasteiger partial charge in [0.15, 0.2) is 17.3 Å². The Bertz CT molecular complexity index is 1570. The maximum Gasteiger partial charge on any atom is 0.164 e. The normalized spacial score (nSPS) is 12.1. The highest BCUT2D eigenvalue weighted by atomic mass is 19.1. The van der Waals surface area contributed by atoms with Gasteiger partial charge in [-0.2, -0.15) is 15.5 Å². The molecule has 2 aromatic carbocycles. The molecule has 0 aliphatic carbocycles. The van der Waals surface area contributed by atoms with Gasteiger partial charge in [0.05, 0.1) is 29.3 Å². The molecule has 1 unspecified atom stereocenters. The summed E-state index contributed by atoms with van der Waals surface area (Å²) in [5.74, 6) is -2.96. The molecule has 0 spiro atoms. The van der Waals surface area contributed by atoms with E-state index in [1.54, 1.807) is 35.9 Å². The smallest absolute Gasteiger partial charge is 0.164 e. The molecule has 5 aromatic rings. The Morgan fingerprint density at radius 3 is 2.59 bits per heavy atom. The van der Waals surface area contributed by atoms with Crippen LogP contribution >= 0.6 is 0 Å². The second kappa shape index (κ2) is 8.00. The number of nitrogens with two attached hydrogens (primary N) is 1. The van der Waals surface area contributed by atoms with Gasteiger partial charge in [-0.25, -0.2) is 32.5 Å². The molecule has 0 bridgehead atoms. The first-order valence-corrected chi connectivity index (χ1v) is 10.1. The Morgan fingerprint density at radius 1 is 1.09 bits per heavy atom. The predicted octanol–water partition coefficient (Wildman–Crippen LogP) is 4.16. The van der Waals surface area contributed by atoms with E-state index in [1.807, 2.05) is 0 Å². The van der Waals surface area contributed by atoms with Gasteiger partial charge in [-0.05, 0) is 19.1 Å². The largest absolute Gasteiger partial charge is 0.383 e. The highest BCUT2D eigenvalue weighted by Crippen LogP contribution is 2.33. The lowest BCUT2D eigenvalue weighted by Gasteiger charge is -2.11. The molecule has 0 fully saturated rings. The monoisotopic (exact) mass is 460 g/mol. The molecule has 34 heavy (non-hydrogen) atoms. The molecule has 0 radical (unpaired) electrons. The first kappa shape index (κ1) is 21.1. The van der Waals surface area contributed by atoms with Crippen molar-refractivity contribution >= 4 is 16.9 Å². The summed E-state index contributed by atoms with van der Waals surface area (Å²) < 4.78 is 44.3. The fourth-order valence-corrected chi connectivity index (χ4v) is 3.77. The molecule has 11 heteroatoms. The third kappa shape index (κ3) is 3.41. The molecular weight excluding hydrogens is 445 g/mol. The topological polar surface area (TPSA) is 111 Å². The van der Waals surface area contributed by atoms with Gasteiger partial charge < -0.3 is 5.73 Å². The SMILES string of the molecule is CC(c1cnn(-c2c(F)cc(F)cc2F)c1)n1nc(-c2cccc(C#N)c2)c2c(N)ncnc21. The Morgan fingerprint density at radius 2 is 1.85 bits per heavy atom. The van der Waals surface area contributed by atoms with Gasteiger partial charge in [-0.3, -0.25) is 0 Å². The molecular formula is C23H15F3N8. The van der Waals surface area contributed by atoms with Crippen molar-refractivity contribution < 1.29 is 13.2 Å². The van der Waals surface area contributed by atoms with E-state index in [4.69, 9.17) is 10.8 Å². The van der Waals surface area contributed by atoms with E-state index in [9.17, 15) is 18.4 Å². The molecule has 0 amide bonds. The van der Waals surface area contributed by atoms with Gasteiger partial charge >= 0.3 is 0 Å². The Kier molecular flexibility index (Phi) is 4.98. The minimum atomic E-state index is -1.08. The van der Waals surface area contributed by atoms with Crippen LogP contribution in [-0.4, -0.2) is 29.5 Å². The third-order valence-corrected chi connectivity index (χ3v) is 5.45. The third-order valence-electron chi connectivity index (χ3n) is 5.45. The summed E-state index contributed by atoms with van der Waals surface area (Å²) in [4.78, 5) is 8.41. The van der Waals surface area contributed by atoms with Gasteiger partial charge in [-0.1, -0.05) is 12.1 Å². The van der Waals surface area contributed by atoms with Crippen molar-refractivity contribution in [3.63, 3.8) is 0 Å². The molecule has 168 valence electrons. The van der Waals surface area contributed by atoms with E-state index in [0.717, 1.165) is 4.68 Å². The molecule has 0 aliphatic rings. The quantitative estimate of drug-likeness (QED) is 0.431. The van der Waals surface area contributed by atoms with E-state index < -0.39 is 29.2 Å². The van der Waals surface area contributed by atoms with Gasteiger partial charge in [0.1, 0.15) is 29.3 Å². The van der Waals surface area contributed by atoms with Gasteiger partial charge in [0.2, 0.25) is 0 Å². The zero-order valence-electron chi connectivity index (χ0n) is 17.6. The van der Waals surface area contributed by atoms with Crippen LogP contribution in [0, 0.1) is 28.8 Å². The lowest BCUT2D eigenvalue weighted by molar-refractivity contribution is 0.527. The minimum Gasteiger partial charge on any atom is -0.383 e. The Labute approximate surface area is 190 Å². The number of nitriles is 1. The zero-order valence-corrected chi connectivity index (χ0v) is 17.6. The summed E-state index contributed by atoms with van der Waals surface area (Å²) in [5.41, 5.74) is 8.23. The van der Waals surface area contributed by atoms with Crippen molar-refractivity contribution in [3.05, 3.63) is 83.7 Å². The summed E-state index contributed by atoms with van der Waals surface area (Å²) in [6.07, 6.45) is 4.17. The van der Waals surface area contributed by atoms with Crippen LogP contribution in [0.15, 0.2) is 55.1 Å². The molecule has 8 nitrogen and oxygen atoms in total. The van der Waals surface area contributed by atoms with E-state index in [-0.39, 0.29) is 5.82 Å². The van der Waals surface area contributed by atoms with Crippen molar-refractivity contribution in [2.75, 3.05) is 5.73 Å². The fourth-order valence-electron chi connectivity index (χ4n) is 3.77. The number of halogens is 3. The van der Waals surface area contributed by atoms with Gasteiger partial charge in [0.25, 0.3) is 0 Å². The van der Waals surface area contributed by atoms with E-state index >= 15 is 0 Å². The summed E-state index contributed by atoms with van der Waals surface area (Å²) in [6, 6.07) is 9.67. The lowest BCUT2D eigenvalue weighted by Crippen LogP contribution is -2.09. The number of nitrogen functional groups attached to an aromatic ring is 1. The lowest BCUT2D eigenvalue weighted by atomic mass is 10.1. The second-order valence-corrected chi connectivity index (χ2v) is 7.56.